The van der Waals surface area contributed by atoms with Crippen LogP contribution >= 0.6 is 0 Å². The summed E-state index contributed by atoms with van der Waals surface area (Å²) >= 11 is 0. The van der Waals surface area contributed by atoms with Crippen LogP contribution in [0.3, 0.4) is 0 Å². The van der Waals surface area contributed by atoms with Crippen LogP contribution in [-0.2, 0) is 5.54 Å². The van der Waals surface area contributed by atoms with Gasteiger partial charge in [0.15, 0.2) is 0 Å². The van der Waals surface area contributed by atoms with Gasteiger partial charge in [0.05, 0.1) is 10.5 Å². The molecule has 7 heteroatoms. The quantitative estimate of drug-likeness (QED) is 0.638. The summed E-state index contributed by atoms with van der Waals surface area (Å²) in [5.74, 6) is -0.308. The third-order valence-corrected chi connectivity index (χ3v) is 5.06. The Morgan fingerprint density at radius 2 is 1.70 bits per heavy atom. The zero-order valence-corrected chi connectivity index (χ0v) is 15.9. The van der Waals surface area contributed by atoms with Crippen LogP contribution in [0, 0.1) is 15.9 Å². The van der Waals surface area contributed by atoms with Crippen molar-refractivity contribution in [2.24, 2.45) is 0 Å². The maximum absolute atomic E-state index is 13.2. The van der Waals surface area contributed by atoms with Gasteiger partial charge in [0.25, 0.3) is 5.69 Å². The van der Waals surface area contributed by atoms with Gasteiger partial charge in [-0.1, -0.05) is 12.1 Å². The number of nitro benzene ring substituents is 1. The van der Waals surface area contributed by atoms with Crippen LogP contribution < -0.4 is 10.2 Å². The van der Waals surface area contributed by atoms with Crippen LogP contribution in [0.2, 0.25) is 0 Å². The second kappa shape index (κ2) is 7.52. The van der Waals surface area contributed by atoms with E-state index in [1.165, 1.54) is 12.1 Å². The number of nitro groups is 1. The molecule has 1 heterocycles. The van der Waals surface area contributed by atoms with E-state index in [9.17, 15) is 14.5 Å². The van der Waals surface area contributed by atoms with Gasteiger partial charge in [-0.3, -0.25) is 10.1 Å². The highest BCUT2D eigenvalue weighted by atomic mass is 19.1. The van der Waals surface area contributed by atoms with Gasteiger partial charge in [-0.15, -0.1) is 0 Å². The van der Waals surface area contributed by atoms with Gasteiger partial charge in [0.2, 0.25) is 0 Å². The minimum Gasteiger partial charge on any atom is -0.370 e. The summed E-state index contributed by atoms with van der Waals surface area (Å²) < 4.78 is 13.2. The molecule has 2 aromatic rings. The molecule has 3 rings (SSSR count). The Labute approximate surface area is 158 Å². The number of nitrogens with zero attached hydrogens (tertiary/aromatic N) is 3. The summed E-state index contributed by atoms with van der Waals surface area (Å²) in [7, 11) is 2.09. The molecular weight excluding hydrogens is 347 g/mol. The summed E-state index contributed by atoms with van der Waals surface area (Å²) in [6, 6.07) is 11.4. The van der Waals surface area contributed by atoms with Crippen LogP contribution in [0.4, 0.5) is 21.5 Å². The molecule has 27 heavy (non-hydrogen) atoms. The Bertz CT molecular complexity index is 815. The summed E-state index contributed by atoms with van der Waals surface area (Å²) in [5.41, 5.74) is 1.71. The predicted octanol–water partition coefficient (Wildman–Crippen LogP) is 3.83. The van der Waals surface area contributed by atoms with Crippen molar-refractivity contribution < 1.29 is 9.31 Å². The van der Waals surface area contributed by atoms with E-state index in [2.05, 4.69) is 22.2 Å². The first kappa shape index (κ1) is 19.1. The Balaban J connectivity index is 1.91. The van der Waals surface area contributed by atoms with Crippen molar-refractivity contribution in [3.63, 3.8) is 0 Å². The number of likely N-dealkylation sites (N-methyl/N-ethyl adjacent to an activating group) is 1. The van der Waals surface area contributed by atoms with E-state index in [0.29, 0.717) is 5.69 Å². The standard InChI is InChI=1S/C20H25FN4O2/c1-20(2,15-4-6-16(21)7-5-15)22-18-14-17(8-9-19(18)25(26)27)24-12-10-23(3)11-13-24/h4-9,14,22H,10-13H2,1-3H3. The SMILES string of the molecule is CN1CCN(c2ccc([N+](=O)[O-])c(NC(C)(C)c3ccc(F)cc3)c2)CC1. The van der Waals surface area contributed by atoms with E-state index in [1.54, 1.807) is 24.3 Å². The smallest absolute Gasteiger partial charge is 0.292 e. The Morgan fingerprint density at radius 1 is 1.07 bits per heavy atom. The number of benzene rings is 2. The highest BCUT2D eigenvalue weighted by Crippen LogP contribution is 2.34. The minimum absolute atomic E-state index is 0.0306. The largest absolute Gasteiger partial charge is 0.370 e. The first-order valence-electron chi connectivity index (χ1n) is 9.02. The number of anilines is 2. The number of rotatable bonds is 5. The molecule has 2 aromatic carbocycles. The van der Waals surface area contributed by atoms with Crippen molar-refractivity contribution in [3.8, 4) is 0 Å². The monoisotopic (exact) mass is 372 g/mol. The lowest BCUT2D eigenvalue weighted by Gasteiger charge is -2.34. The van der Waals surface area contributed by atoms with E-state index in [-0.39, 0.29) is 16.4 Å². The van der Waals surface area contributed by atoms with Gasteiger partial charge in [0.1, 0.15) is 11.5 Å². The van der Waals surface area contributed by atoms with E-state index in [4.69, 9.17) is 0 Å². The predicted molar refractivity (Wildman–Crippen MR) is 106 cm³/mol. The lowest BCUT2D eigenvalue weighted by atomic mass is 9.93. The maximum Gasteiger partial charge on any atom is 0.292 e. The van der Waals surface area contributed by atoms with Crippen LogP contribution in [-0.4, -0.2) is 43.0 Å². The van der Waals surface area contributed by atoms with E-state index >= 15 is 0 Å². The fraction of sp³-hybridized carbons (Fsp3) is 0.400. The second-order valence-corrected chi connectivity index (χ2v) is 7.51. The van der Waals surface area contributed by atoms with Crippen LogP contribution in [0.1, 0.15) is 19.4 Å². The van der Waals surface area contributed by atoms with E-state index in [1.807, 2.05) is 19.9 Å². The summed E-state index contributed by atoms with van der Waals surface area (Å²) in [5, 5.41) is 14.8. The molecule has 0 aliphatic carbocycles. The lowest BCUT2D eigenvalue weighted by molar-refractivity contribution is -0.384. The Kier molecular flexibility index (Phi) is 5.32. The van der Waals surface area contributed by atoms with Crippen LogP contribution in [0.15, 0.2) is 42.5 Å². The Morgan fingerprint density at radius 3 is 2.30 bits per heavy atom. The van der Waals surface area contributed by atoms with Crippen molar-refractivity contribution in [3.05, 3.63) is 64.0 Å². The van der Waals surface area contributed by atoms with Crippen molar-refractivity contribution in [2.75, 3.05) is 43.4 Å². The van der Waals surface area contributed by atoms with Gasteiger partial charge in [0, 0.05) is 37.9 Å². The molecule has 6 nitrogen and oxygen atoms in total. The van der Waals surface area contributed by atoms with Crippen LogP contribution in [0.25, 0.3) is 0 Å². The molecule has 1 aliphatic rings. The molecule has 144 valence electrons. The second-order valence-electron chi connectivity index (χ2n) is 7.51. The van der Waals surface area contributed by atoms with E-state index < -0.39 is 5.54 Å². The number of hydrogen-bond acceptors (Lipinski definition) is 5. The third-order valence-electron chi connectivity index (χ3n) is 5.06. The molecule has 1 fully saturated rings. The van der Waals surface area contributed by atoms with Crippen molar-refractivity contribution >= 4 is 17.1 Å². The van der Waals surface area contributed by atoms with Crippen molar-refractivity contribution in [2.45, 2.75) is 19.4 Å². The molecule has 0 unspecified atom stereocenters. The molecule has 0 bridgehead atoms. The first-order valence-corrected chi connectivity index (χ1v) is 9.02. The number of nitrogens with one attached hydrogen (secondary N) is 1. The fourth-order valence-corrected chi connectivity index (χ4v) is 3.32. The zero-order valence-electron chi connectivity index (χ0n) is 15.9. The fourth-order valence-electron chi connectivity index (χ4n) is 3.32. The Hall–Kier alpha value is -2.67. The highest BCUT2D eigenvalue weighted by molar-refractivity contribution is 5.70. The molecular formula is C20H25FN4O2. The van der Waals surface area contributed by atoms with Gasteiger partial charge >= 0.3 is 0 Å². The highest BCUT2D eigenvalue weighted by Gasteiger charge is 2.26. The molecule has 0 spiro atoms. The molecule has 0 radical (unpaired) electrons. The molecule has 0 aromatic heterocycles. The van der Waals surface area contributed by atoms with Gasteiger partial charge < -0.3 is 15.1 Å². The minimum atomic E-state index is -0.598. The molecule has 1 aliphatic heterocycles. The number of piperazine rings is 1. The molecule has 1 N–H and O–H groups in total. The maximum atomic E-state index is 13.2. The molecule has 1 saturated heterocycles. The summed E-state index contributed by atoms with van der Waals surface area (Å²) in [6.45, 7) is 7.53. The zero-order chi connectivity index (χ0) is 19.6. The van der Waals surface area contributed by atoms with Crippen molar-refractivity contribution in [1.82, 2.24) is 4.90 Å². The van der Waals surface area contributed by atoms with Crippen molar-refractivity contribution in [1.29, 1.82) is 0 Å². The molecule has 0 saturated carbocycles. The normalized spacial score (nSPS) is 15.6. The first-order chi connectivity index (χ1) is 12.8. The number of hydrogen-bond donors (Lipinski definition) is 1. The van der Waals surface area contributed by atoms with Gasteiger partial charge in [-0.2, -0.15) is 0 Å². The van der Waals surface area contributed by atoms with Crippen LogP contribution in [0.5, 0.6) is 0 Å². The molecule has 0 amide bonds. The topological polar surface area (TPSA) is 61.7 Å². The van der Waals surface area contributed by atoms with E-state index in [0.717, 1.165) is 37.4 Å². The van der Waals surface area contributed by atoms with Gasteiger partial charge in [-0.05, 0) is 50.7 Å². The molecule has 0 atom stereocenters. The third kappa shape index (κ3) is 4.36. The van der Waals surface area contributed by atoms with Gasteiger partial charge in [-0.25, -0.2) is 4.39 Å². The summed E-state index contributed by atoms with van der Waals surface area (Å²) in [4.78, 5) is 15.6. The average molecular weight is 372 g/mol. The summed E-state index contributed by atoms with van der Waals surface area (Å²) in [6.07, 6.45) is 0. The average Bonchev–Trinajstić information content (AvgIpc) is 2.62. The number of halogens is 1. The lowest BCUT2D eigenvalue weighted by Crippen LogP contribution is -2.44.